The zero-order valence-corrected chi connectivity index (χ0v) is 11.4. The van der Waals surface area contributed by atoms with E-state index < -0.39 is 5.82 Å². The van der Waals surface area contributed by atoms with Crippen molar-refractivity contribution in [3.8, 4) is 0 Å². The van der Waals surface area contributed by atoms with Gasteiger partial charge in [0.25, 0.3) is 0 Å². The molecule has 4 rings (SSSR count). The normalized spacial score (nSPS) is 35.0. The predicted octanol–water partition coefficient (Wildman–Crippen LogP) is 3.01. The van der Waals surface area contributed by atoms with Gasteiger partial charge in [-0.1, -0.05) is 11.6 Å². The lowest BCUT2D eigenvalue weighted by Gasteiger charge is -2.19. The van der Waals surface area contributed by atoms with Crippen molar-refractivity contribution in [2.45, 2.75) is 19.3 Å². The number of fused-ring (bicyclic) bond motifs is 5. The van der Waals surface area contributed by atoms with Gasteiger partial charge in [-0.15, -0.1) is 0 Å². The average Bonchev–Trinajstić information content (AvgIpc) is 3.08. The van der Waals surface area contributed by atoms with E-state index in [0.29, 0.717) is 17.5 Å². The highest BCUT2D eigenvalue weighted by molar-refractivity contribution is 6.31. The Labute approximate surface area is 120 Å². The Morgan fingerprint density at radius 3 is 2.25 bits per heavy atom. The van der Waals surface area contributed by atoms with E-state index in [1.54, 1.807) is 0 Å². The van der Waals surface area contributed by atoms with Crippen molar-refractivity contribution in [1.82, 2.24) is 0 Å². The van der Waals surface area contributed by atoms with Crippen LogP contribution in [0, 0.1) is 29.5 Å². The lowest BCUT2D eigenvalue weighted by atomic mass is 9.81. The third-order valence-corrected chi connectivity index (χ3v) is 5.40. The molecule has 1 heterocycles. The lowest BCUT2D eigenvalue weighted by Crippen LogP contribution is -2.32. The van der Waals surface area contributed by atoms with Gasteiger partial charge in [0.15, 0.2) is 0 Å². The number of carbonyl (C=O) groups is 2. The van der Waals surface area contributed by atoms with Gasteiger partial charge in [0, 0.05) is 0 Å². The molecule has 2 aliphatic carbocycles. The number of halogens is 2. The summed E-state index contributed by atoms with van der Waals surface area (Å²) in [4.78, 5) is 26.2. The van der Waals surface area contributed by atoms with Crippen molar-refractivity contribution < 1.29 is 14.0 Å². The van der Waals surface area contributed by atoms with Gasteiger partial charge in [0.2, 0.25) is 11.8 Å². The molecule has 2 saturated carbocycles. The van der Waals surface area contributed by atoms with Crippen LogP contribution in [-0.2, 0) is 9.59 Å². The zero-order valence-electron chi connectivity index (χ0n) is 10.7. The Morgan fingerprint density at radius 1 is 1.10 bits per heavy atom. The highest BCUT2D eigenvalue weighted by atomic mass is 35.5. The van der Waals surface area contributed by atoms with E-state index >= 15 is 0 Å². The first-order chi connectivity index (χ1) is 9.58. The van der Waals surface area contributed by atoms with Crippen molar-refractivity contribution in [3.05, 3.63) is 29.0 Å². The second-order valence-corrected chi connectivity index (χ2v) is 6.40. The van der Waals surface area contributed by atoms with Crippen molar-refractivity contribution in [3.63, 3.8) is 0 Å². The summed E-state index contributed by atoms with van der Waals surface area (Å²) in [5, 5.41) is -0.00638. The molecule has 20 heavy (non-hydrogen) atoms. The van der Waals surface area contributed by atoms with E-state index in [9.17, 15) is 14.0 Å². The Hall–Kier alpha value is -1.42. The van der Waals surface area contributed by atoms with E-state index in [4.69, 9.17) is 11.6 Å². The van der Waals surface area contributed by atoms with Crippen LogP contribution in [0.4, 0.5) is 10.1 Å². The SMILES string of the molecule is O=C1[C@@H]2[C@H]3CC[C@@H](C3)[C@@H]2C(=O)N1c1ccc(Cl)c(F)c1. The maximum Gasteiger partial charge on any atom is 0.237 e. The molecule has 0 N–H and O–H groups in total. The predicted molar refractivity (Wildman–Crippen MR) is 71.7 cm³/mol. The first kappa shape index (κ1) is 12.3. The first-order valence-electron chi connectivity index (χ1n) is 6.91. The van der Waals surface area contributed by atoms with Gasteiger partial charge in [0.05, 0.1) is 22.5 Å². The van der Waals surface area contributed by atoms with Gasteiger partial charge in [0.1, 0.15) is 5.82 Å². The molecule has 5 heteroatoms. The van der Waals surface area contributed by atoms with Crippen molar-refractivity contribution in [1.29, 1.82) is 0 Å². The zero-order chi connectivity index (χ0) is 14.0. The van der Waals surface area contributed by atoms with Crippen LogP contribution in [0.5, 0.6) is 0 Å². The smallest absolute Gasteiger partial charge is 0.237 e. The summed E-state index contributed by atoms with van der Waals surface area (Å²) in [6, 6.07) is 4.08. The largest absolute Gasteiger partial charge is 0.274 e. The van der Waals surface area contributed by atoms with E-state index in [0.717, 1.165) is 19.3 Å². The van der Waals surface area contributed by atoms with Crippen molar-refractivity contribution in [2.75, 3.05) is 4.90 Å². The molecule has 1 aliphatic heterocycles. The van der Waals surface area contributed by atoms with Crippen LogP contribution in [0.25, 0.3) is 0 Å². The lowest BCUT2D eigenvalue weighted by molar-refractivity contribution is -0.123. The molecule has 1 aromatic rings. The Kier molecular flexibility index (Phi) is 2.49. The molecule has 104 valence electrons. The van der Waals surface area contributed by atoms with Crippen molar-refractivity contribution >= 4 is 29.1 Å². The van der Waals surface area contributed by atoms with Crippen molar-refractivity contribution in [2.24, 2.45) is 23.7 Å². The van der Waals surface area contributed by atoms with Gasteiger partial charge in [-0.25, -0.2) is 9.29 Å². The molecule has 4 atom stereocenters. The topological polar surface area (TPSA) is 37.4 Å². The second kappa shape index (κ2) is 4.04. The standard InChI is InChI=1S/C15H13ClFNO2/c16-10-4-3-9(6-11(10)17)18-14(19)12-7-1-2-8(5-7)13(12)15(18)20/h3-4,6-8,12-13H,1-2,5H2/t7-,8-,12-,13+/m0/s1. The number of imide groups is 1. The monoisotopic (exact) mass is 293 g/mol. The number of carbonyl (C=O) groups excluding carboxylic acids is 2. The third-order valence-electron chi connectivity index (χ3n) is 5.09. The van der Waals surface area contributed by atoms with Gasteiger partial charge >= 0.3 is 0 Å². The van der Waals surface area contributed by atoms with Gasteiger partial charge in [-0.3, -0.25) is 9.59 Å². The molecule has 1 saturated heterocycles. The maximum atomic E-state index is 13.6. The van der Waals surface area contributed by atoms with Crippen LogP contribution in [-0.4, -0.2) is 11.8 Å². The summed E-state index contributed by atoms with van der Waals surface area (Å²) in [6.07, 6.45) is 3.07. The molecule has 3 nitrogen and oxygen atoms in total. The van der Waals surface area contributed by atoms with E-state index in [1.165, 1.54) is 23.1 Å². The number of rotatable bonds is 1. The van der Waals surface area contributed by atoms with Crippen LogP contribution in [0.1, 0.15) is 19.3 Å². The Bertz CT molecular complexity index is 604. The minimum atomic E-state index is -0.607. The minimum absolute atomic E-state index is 0.00638. The molecular formula is C15H13ClFNO2. The van der Waals surface area contributed by atoms with E-state index in [1.807, 2.05) is 0 Å². The highest BCUT2D eigenvalue weighted by Gasteiger charge is 2.61. The molecule has 0 radical (unpaired) electrons. The molecule has 0 aromatic heterocycles. The number of amides is 2. The number of anilines is 1. The summed E-state index contributed by atoms with van der Waals surface area (Å²) in [6.45, 7) is 0. The fourth-order valence-electron chi connectivity index (χ4n) is 4.29. The molecule has 0 unspecified atom stereocenters. The molecule has 1 aromatic carbocycles. The molecule has 3 aliphatic rings. The van der Waals surface area contributed by atoms with Crippen LogP contribution in [0.2, 0.25) is 5.02 Å². The average molecular weight is 294 g/mol. The number of nitrogens with zero attached hydrogens (tertiary/aromatic N) is 1. The summed E-state index contributed by atoms with van der Waals surface area (Å²) in [5.41, 5.74) is 0.302. The number of benzene rings is 1. The molecule has 2 bridgehead atoms. The first-order valence-corrected chi connectivity index (χ1v) is 7.28. The maximum absolute atomic E-state index is 13.6. The molecule has 2 amide bonds. The summed E-state index contributed by atoms with van der Waals surface area (Å²) in [7, 11) is 0. The second-order valence-electron chi connectivity index (χ2n) is 6.00. The fourth-order valence-corrected chi connectivity index (χ4v) is 4.40. The third kappa shape index (κ3) is 1.46. The van der Waals surface area contributed by atoms with Crippen LogP contribution < -0.4 is 4.90 Å². The van der Waals surface area contributed by atoms with Crippen LogP contribution in [0.3, 0.4) is 0 Å². The van der Waals surface area contributed by atoms with Crippen LogP contribution >= 0.6 is 11.6 Å². The number of hydrogen-bond donors (Lipinski definition) is 0. The summed E-state index contributed by atoms with van der Waals surface area (Å²) >= 11 is 5.65. The molecule has 3 fully saturated rings. The quantitative estimate of drug-likeness (QED) is 0.747. The van der Waals surface area contributed by atoms with Gasteiger partial charge < -0.3 is 0 Å². The Balaban J connectivity index is 1.74. The van der Waals surface area contributed by atoms with E-state index in [2.05, 4.69) is 0 Å². The number of hydrogen-bond acceptors (Lipinski definition) is 2. The van der Waals surface area contributed by atoms with Crippen LogP contribution in [0.15, 0.2) is 18.2 Å². The molecular weight excluding hydrogens is 281 g/mol. The summed E-state index contributed by atoms with van der Waals surface area (Å²) in [5.74, 6) is -0.611. The van der Waals surface area contributed by atoms with Gasteiger partial charge in [-0.05, 0) is 49.3 Å². The highest BCUT2D eigenvalue weighted by Crippen LogP contribution is 2.56. The summed E-state index contributed by atoms with van der Waals surface area (Å²) < 4.78 is 13.6. The van der Waals surface area contributed by atoms with Gasteiger partial charge in [-0.2, -0.15) is 0 Å². The van der Waals surface area contributed by atoms with E-state index in [-0.39, 0.29) is 28.7 Å². The fraction of sp³-hybridized carbons (Fsp3) is 0.467. The minimum Gasteiger partial charge on any atom is -0.274 e. The molecule has 0 spiro atoms. The Morgan fingerprint density at radius 2 is 1.70 bits per heavy atom.